The Kier molecular flexibility index (Phi) is 4.17. The molecule has 17 heavy (non-hydrogen) atoms. The topological polar surface area (TPSA) is 57.6 Å². The average Bonchev–Trinajstić information content (AvgIpc) is 2.52. The Morgan fingerprint density at radius 2 is 2.00 bits per heavy atom. The van der Waals surface area contributed by atoms with Crippen LogP contribution in [0.15, 0.2) is 0 Å². The third-order valence-electron chi connectivity index (χ3n) is 3.77. The van der Waals surface area contributed by atoms with Crippen LogP contribution in [0.2, 0.25) is 0 Å². The van der Waals surface area contributed by atoms with E-state index in [1.54, 1.807) is 0 Å². The number of rotatable bonds is 4. The fourth-order valence-electron chi connectivity index (χ4n) is 2.65. The van der Waals surface area contributed by atoms with Crippen molar-refractivity contribution in [1.29, 1.82) is 0 Å². The van der Waals surface area contributed by atoms with Crippen molar-refractivity contribution >= 4 is 11.9 Å². The lowest BCUT2D eigenvalue weighted by Gasteiger charge is -2.33. The zero-order valence-corrected chi connectivity index (χ0v) is 11.2. The van der Waals surface area contributed by atoms with Crippen molar-refractivity contribution in [2.45, 2.75) is 53.0 Å². The van der Waals surface area contributed by atoms with Crippen molar-refractivity contribution in [3.05, 3.63) is 0 Å². The standard InChI is InChI=1S/C13H23NO3/c1-9(2)14(8-11(15)16)12(17)10-6-5-7-13(10,3)4/h9-10H,5-8H2,1-4H3,(H,15,16). The fourth-order valence-corrected chi connectivity index (χ4v) is 2.65. The number of carbonyl (C=O) groups excluding carboxylic acids is 1. The first-order chi connectivity index (χ1) is 7.75. The van der Waals surface area contributed by atoms with E-state index in [0.29, 0.717) is 0 Å². The molecule has 1 aliphatic carbocycles. The smallest absolute Gasteiger partial charge is 0.323 e. The van der Waals surface area contributed by atoms with E-state index in [4.69, 9.17) is 5.11 Å². The van der Waals surface area contributed by atoms with E-state index in [1.165, 1.54) is 4.90 Å². The van der Waals surface area contributed by atoms with Gasteiger partial charge in [0, 0.05) is 12.0 Å². The minimum atomic E-state index is -0.942. The number of hydrogen-bond acceptors (Lipinski definition) is 2. The number of carboxylic acid groups (broad SMARTS) is 1. The Morgan fingerprint density at radius 3 is 2.35 bits per heavy atom. The van der Waals surface area contributed by atoms with Gasteiger partial charge >= 0.3 is 5.97 Å². The van der Waals surface area contributed by atoms with Crippen LogP contribution in [-0.2, 0) is 9.59 Å². The van der Waals surface area contributed by atoms with Crippen LogP contribution < -0.4 is 0 Å². The Hall–Kier alpha value is -1.06. The van der Waals surface area contributed by atoms with Crippen molar-refractivity contribution < 1.29 is 14.7 Å². The maximum atomic E-state index is 12.4. The van der Waals surface area contributed by atoms with Crippen molar-refractivity contribution in [3.8, 4) is 0 Å². The number of carbonyl (C=O) groups is 2. The number of carboxylic acids is 1. The molecule has 4 nitrogen and oxygen atoms in total. The van der Waals surface area contributed by atoms with Crippen LogP contribution in [0.5, 0.6) is 0 Å². The van der Waals surface area contributed by atoms with E-state index in [2.05, 4.69) is 13.8 Å². The molecule has 4 heteroatoms. The van der Waals surface area contributed by atoms with Crippen LogP contribution in [0.4, 0.5) is 0 Å². The summed E-state index contributed by atoms with van der Waals surface area (Å²) in [5.41, 5.74) is 0.00271. The van der Waals surface area contributed by atoms with Gasteiger partial charge in [-0.25, -0.2) is 0 Å². The molecule has 0 aromatic carbocycles. The molecule has 0 saturated heterocycles. The van der Waals surface area contributed by atoms with E-state index in [9.17, 15) is 9.59 Å². The summed E-state index contributed by atoms with van der Waals surface area (Å²) in [6.07, 6.45) is 2.99. The monoisotopic (exact) mass is 241 g/mol. The van der Waals surface area contributed by atoms with E-state index in [-0.39, 0.29) is 29.8 Å². The number of nitrogens with zero attached hydrogens (tertiary/aromatic N) is 1. The normalized spacial score (nSPS) is 22.8. The van der Waals surface area contributed by atoms with E-state index in [0.717, 1.165) is 19.3 Å². The molecule has 0 spiro atoms. The molecule has 0 heterocycles. The Morgan fingerprint density at radius 1 is 1.41 bits per heavy atom. The van der Waals surface area contributed by atoms with Gasteiger partial charge in [0.25, 0.3) is 0 Å². The summed E-state index contributed by atoms with van der Waals surface area (Å²) in [6, 6.07) is -0.0602. The molecular formula is C13H23NO3. The second kappa shape index (κ2) is 5.07. The van der Waals surface area contributed by atoms with Crippen LogP contribution in [0.25, 0.3) is 0 Å². The Bertz CT molecular complexity index is 310. The summed E-state index contributed by atoms with van der Waals surface area (Å²) in [4.78, 5) is 24.7. The first-order valence-electron chi connectivity index (χ1n) is 6.28. The third kappa shape index (κ3) is 3.20. The highest BCUT2D eigenvalue weighted by atomic mass is 16.4. The molecule has 1 N–H and O–H groups in total. The lowest BCUT2D eigenvalue weighted by molar-refractivity contribution is -0.149. The van der Waals surface area contributed by atoms with Gasteiger partial charge in [0.1, 0.15) is 6.54 Å². The molecule has 1 atom stereocenters. The summed E-state index contributed by atoms with van der Waals surface area (Å²) in [7, 11) is 0. The van der Waals surface area contributed by atoms with Gasteiger partial charge in [-0.1, -0.05) is 20.3 Å². The lowest BCUT2D eigenvalue weighted by Crippen LogP contribution is -2.46. The van der Waals surface area contributed by atoms with Gasteiger partial charge in [0.05, 0.1) is 0 Å². The fraction of sp³-hybridized carbons (Fsp3) is 0.846. The third-order valence-corrected chi connectivity index (χ3v) is 3.77. The molecule has 0 bridgehead atoms. The maximum Gasteiger partial charge on any atom is 0.323 e. The molecule has 1 saturated carbocycles. The molecule has 0 aromatic heterocycles. The number of hydrogen-bond donors (Lipinski definition) is 1. The molecule has 1 fully saturated rings. The molecule has 1 aliphatic rings. The molecule has 1 amide bonds. The largest absolute Gasteiger partial charge is 0.480 e. The van der Waals surface area contributed by atoms with Gasteiger partial charge in [-0.3, -0.25) is 9.59 Å². The van der Waals surface area contributed by atoms with Crippen LogP contribution in [0, 0.1) is 11.3 Å². The quantitative estimate of drug-likeness (QED) is 0.820. The van der Waals surface area contributed by atoms with E-state index in [1.807, 2.05) is 13.8 Å². The van der Waals surface area contributed by atoms with Gasteiger partial charge in [0.15, 0.2) is 0 Å². The molecule has 1 rings (SSSR count). The van der Waals surface area contributed by atoms with E-state index >= 15 is 0 Å². The van der Waals surface area contributed by atoms with Gasteiger partial charge in [0.2, 0.25) is 5.91 Å². The Labute approximate surface area is 103 Å². The number of aliphatic carboxylic acids is 1. The summed E-state index contributed by atoms with van der Waals surface area (Å²) in [5.74, 6) is -0.961. The summed E-state index contributed by atoms with van der Waals surface area (Å²) >= 11 is 0. The van der Waals surface area contributed by atoms with Crippen molar-refractivity contribution in [2.24, 2.45) is 11.3 Å². The summed E-state index contributed by atoms with van der Waals surface area (Å²) < 4.78 is 0. The zero-order valence-electron chi connectivity index (χ0n) is 11.2. The van der Waals surface area contributed by atoms with E-state index < -0.39 is 5.97 Å². The minimum Gasteiger partial charge on any atom is -0.480 e. The highest BCUT2D eigenvalue weighted by molar-refractivity contribution is 5.84. The zero-order chi connectivity index (χ0) is 13.2. The second-order valence-electron chi connectivity index (χ2n) is 5.89. The first kappa shape index (κ1) is 14.0. The molecule has 0 aromatic rings. The SMILES string of the molecule is CC(C)N(CC(=O)O)C(=O)C1CCCC1(C)C. The maximum absolute atomic E-state index is 12.4. The molecule has 0 radical (unpaired) electrons. The van der Waals surface area contributed by atoms with Crippen LogP contribution in [0.1, 0.15) is 47.0 Å². The van der Waals surface area contributed by atoms with Gasteiger partial charge in [-0.15, -0.1) is 0 Å². The predicted octanol–water partition coefficient (Wildman–Crippen LogP) is 2.13. The van der Waals surface area contributed by atoms with Crippen molar-refractivity contribution in [3.63, 3.8) is 0 Å². The summed E-state index contributed by atoms with van der Waals surface area (Å²) in [5, 5.41) is 8.86. The van der Waals surface area contributed by atoms with Crippen molar-refractivity contribution in [1.82, 2.24) is 4.90 Å². The van der Waals surface area contributed by atoms with Crippen LogP contribution in [-0.4, -0.2) is 34.5 Å². The highest BCUT2D eigenvalue weighted by Crippen LogP contribution is 2.43. The van der Waals surface area contributed by atoms with Crippen LogP contribution in [0.3, 0.4) is 0 Å². The predicted molar refractivity (Wildman–Crippen MR) is 65.6 cm³/mol. The first-order valence-corrected chi connectivity index (χ1v) is 6.28. The second-order valence-corrected chi connectivity index (χ2v) is 5.89. The van der Waals surface area contributed by atoms with Gasteiger partial charge < -0.3 is 10.0 Å². The summed E-state index contributed by atoms with van der Waals surface area (Å²) in [6.45, 7) is 7.73. The molecule has 1 unspecified atom stereocenters. The lowest BCUT2D eigenvalue weighted by atomic mass is 9.81. The van der Waals surface area contributed by atoms with Crippen LogP contribution >= 0.6 is 0 Å². The van der Waals surface area contributed by atoms with Gasteiger partial charge in [-0.05, 0) is 32.1 Å². The van der Waals surface area contributed by atoms with Crippen molar-refractivity contribution in [2.75, 3.05) is 6.54 Å². The minimum absolute atomic E-state index is 0.00271. The highest BCUT2D eigenvalue weighted by Gasteiger charge is 2.41. The molecule has 0 aliphatic heterocycles. The van der Waals surface area contributed by atoms with Gasteiger partial charge in [-0.2, -0.15) is 0 Å². The average molecular weight is 241 g/mol. The Balaban J connectivity index is 2.81. The number of amides is 1. The molecular weight excluding hydrogens is 218 g/mol. The molecule has 98 valence electrons.